The fraction of sp³-hybridized carbons (Fsp3) is 0.438. The molecule has 1 aliphatic heterocycles. The number of imide groups is 1. The average molecular weight is 641 g/mol. The summed E-state index contributed by atoms with van der Waals surface area (Å²) in [6.45, 7) is 0.618. The Morgan fingerprint density at radius 2 is 2.06 bits per heavy atom. The van der Waals surface area contributed by atoms with Crippen LogP contribution in [0.4, 0.5) is 11.4 Å². The molecule has 1 heterocycles. The van der Waals surface area contributed by atoms with Crippen LogP contribution < -0.4 is 9.57 Å². The van der Waals surface area contributed by atoms with Crippen molar-refractivity contribution in [2.45, 2.75) is 37.4 Å². The minimum absolute atomic E-state index is 0.0619. The van der Waals surface area contributed by atoms with E-state index in [0.29, 0.717) is 25.1 Å². The predicted octanol–water partition coefficient (Wildman–Crippen LogP) is 1.00. The summed E-state index contributed by atoms with van der Waals surface area (Å²) in [5, 5.41) is 1.16. The van der Waals surface area contributed by atoms with Crippen molar-refractivity contribution in [1.29, 1.82) is 0 Å². The van der Waals surface area contributed by atoms with Crippen molar-refractivity contribution in [2.75, 3.05) is 11.9 Å². The molecule has 187 valence electrons. The molecular weight excluding hydrogens is 624 g/mol. The Hall–Kier alpha value is -2.08. The number of amides is 2. The summed E-state index contributed by atoms with van der Waals surface area (Å²) in [6, 6.07) is 8.23. The third-order valence-corrected chi connectivity index (χ3v) is 5.97. The Morgan fingerprint density at radius 1 is 1.36 bits per heavy atom. The zero-order valence-corrected chi connectivity index (χ0v) is 20.6. The summed E-state index contributed by atoms with van der Waals surface area (Å²) >= 11 is -1.83. The third kappa shape index (κ3) is 10.6. The SMILES string of the molecule is [N-]=NI=Nc1c[c-]c(NCCCCCC(=O)ON2C(=O)CC(S(=O)(=O)[O-])C2=O)cc1.[O]=[Ni][O-]. The molecule has 0 bridgehead atoms. The van der Waals surface area contributed by atoms with Crippen molar-refractivity contribution in [3.63, 3.8) is 0 Å². The second-order valence-electron chi connectivity index (χ2n) is 6.16. The molecule has 1 N–H and O–H groups in total. The Bertz CT molecular complexity index is 991. The van der Waals surface area contributed by atoms with Crippen LogP contribution in [-0.2, 0) is 47.9 Å². The molecule has 2 amide bonds. The van der Waals surface area contributed by atoms with Crippen LogP contribution >= 0.6 is 21.3 Å². The van der Waals surface area contributed by atoms with Gasteiger partial charge in [0.2, 0.25) is 0 Å². The first-order chi connectivity index (χ1) is 15.6. The van der Waals surface area contributed by atoms with Crippen LogP contribution in [0.5, 0.6) is 0 Å². The van der Waals surface area contributed by atoms with E-state index >= 15 is 0 Å². The molecule has 0 spiro atoms. The molecule has 14 nitrogen and oxygen atoms in total. The van der Waals surface area contributed by atoms with Gasteiger partial charge in [0, 0.05) is 13.0 Å². The van der Waals surface area contributed by atoms with E-state index in [0.717, 1.165) is 12.1 Å². The molecule has 0 saturated carbocycles. The molecule has 1 aromatic carbocycles. The molecule has 33 heavy (non-hydrogen) atoms. The Balaban J connectivity index is 0.00000172. The predicted molar refractivity (Wildman–Crippen MR) is 111 cm³/mol. The Morgan fingerprint density at radius 3 is 2.61 bits per heavy atom. The van der Waals surface area contributed by atoms with Gasteiger partial charge in [0.15, 0.2) is 0 Å². The molecule has 1 aromatic rings. The van der Waals surface area contributed by atoms with Gasteiger partial charge in [-0.15, -0.1) is 23.3 Å². The summed E-state index contributed by atoms with van der Waals surface area (Å²) in [5.41, 5.74) is 9.85. The number of hydrogen-bond acceptors (Lipinski definition) is 11. The number of carbonyl (C=O) groups excluding carboxylic acids is 3. The summed E-state index contributed by atoms with van der Waals surface area (Å²) in [4.78, 5) is 39.7. The second-order valence-corrected chi connectivity index (χ2v) is 9.23. The van der Waals surface area contributed by atoms with Crippen LogP contribution in [0, 0.1) is 6.07 Å². The van der Waals surface area contributed by atoms with Crippen LogP contribution in [0.15, 0.2) is 24.7 Å². The number of hydrogen-bond donors (Lipinski definition) is 1. The molecule has 1 saturated heterocycles. The molecule has 0 aliphatic carbocycles. The molecule has 17 heteroatoms. The summed E-state index contributed by atoms with van der Waals surface area (Å²) in [7, 11) is -4.99. The van der Waals surface area contributed by atoms with Crippen LogP contribution in [-0.4, -0.2) is 47.6 Å². The van der Waals surface area contributed by atoms with Gasteiger partial charge in [0.1, 0.15) is 36.7 Å². The summed E-state index contributed by atoms with van der Waals surface area (Å²) in [6.07, 6.45) is 0.897. The van der Waals surface area contributed by atoms with Crippen molar-refractivity contribution >= 4 is 60.6 Å². The van der Waals surface area contributed by atoms with Crippen molar-refractivity contribution in [2.24, 2.45) is 6.47 Å². The first-order valence-corrected chi connectivity index (χ1v) is 13.2. The van der Waals surface area contributed by atoms with E-state index in [-0.39, 0.29) is 11.5 Å². The molecule has 1 fully saturated rings. The Labute approximate surface area is 205 Å². The van der Waals surface area contributed by atoms with Crippen LogP contribution in [0.1, 0.15) is 32.1 Å². The number of nitrogens with zero attached hydrogens (tertiary/aromatic N) is 4. The molecule has 2 rings (SSSR count). The first kappa shape index (κ1) is 29.0. The van der Waals surface area contributed by atoms with Crippen molar-refractivity contribution in [3.05, 3.63) is 29.8 Å². The Kier molecular flexibility index (Phi) is 13.1. The molecule has 0 radical (unpaired) electrons. The van der Waals surface area contributed by atoms with E-state index in [1.165, 1.54) is 0 Å². The maximum absolute atomic E-state index is 11.8. The molecule has 0 aromatic heterocycles. The van der Waals surface area contributed by atoms with Crippen LogP contribution in [0.2, 0.25) is 0 Å². The van der Waals surface area contributed by atoms with Crippen molar-refractivity contribution in [3.8, 4) is 0 Å². The number of rotatable bonds is 11. The fourth-order valence-corrected chi connectivity index (χ4v) is 3.82. The van der Waals surface area contributed by atoms with E-state index in [1.54, 1.807) is 18.2 Å². The number of unbranched alkanes of at least 4 members (excludes halogenated alkanes) is 2. The monoisotopic (exact) mass is 640 g/mol. The summed E-state index contributed by atoms with van der Waals surface area (Å²) < 4.78 is 56.5. The first-order valence-electron chi connectivity index (χ1n) is 8.95. The molecular formula is C16H17IN5NiO9S-4. The van der Waals surface area contributed by atoms with Crippen molar-refractivity contribution in [1.82, 2.24) is 5.06 Å². The summed E-state index contributed by atoms with van der Waals surface area (Å²) in [5.74, 6) is -3.24. The van der Waals surface area contributed by atoms with Gasteiger partial charge in [0.25, 0.3) is 11.8 Å². The minimum atomic E-state index is -4.99. The second kappa shape index (κ2) is 14.9. The molecule has 1 unspecified atom stereocenters. The number of carbonyl (C=O) groups is 3. The van der Waals surface area contributed by atoms with Gasteiger partial charge in [-0.2, -0.15) is 6.07 Å². The van der Waals surface area contributed by atoms with Crippen LogP contribution in [0.25, 0.3) is 5.53 Å². The maximum atomic E-state index is 11.8. The van der Waals surface area contributed by atoms with Gasteiger partial charge in [0.05, 0.1) is 6.42 Å². The fourth-order valence-electron chi connectivity index (χ4n) is 2.49. The normalized spacial score (nSPS) is 16.2. The zero-order valence-electron chi connectivity index (χ0n) is 16.6. The van der Waals surface area contributed by atoms with E-state index in [9.17, 15) is 27.4 Å². The number of nitrogens with one attached hydrogen (secondary N) is 1. The third-order valence-electron chi connectivity index (χ3n) is 3.94. The quantitative estimate of drug-likeness (QED) is 0.0687. The van der Waals surface area contributed by atoms with Crippen LogP contribution in [0.3, 0.4) is 0 Å². The van der Waals surface area contributed by atoms with Gasteiger partial charge >= 0.3 is 28.8 Å². The molecule has 1 aliphatic rings. The standard InChI is InChI=1S/C16H18IN5O7S.Ni.2O/c18-21-17-20-12-7-5-11(6-8-12)19-9-3-1-2-4-15(24)29-22-14(23)10-13(16(22)25)30(26,27)28;;;/h5,7-8,13,19H,1-4,9-10H2,(H,26,27,28);;;/q-2;;;-1/p-1. The van der Waals surface area contributed by atoms with Gasteiger partial charge in [-0.05, 0) is 18.5 Å². The number of halogens is 1. The molecule has 1 atom stereocenters. The zero-order chi connectivity index (χ0) is 24.9. The van der Waals surface area contributed by atoms with E-state index < -0.39 is 75.6 Å². The number of benzene rings is 1. The average Bonchev–Trinajstić information content (AvgIpc) is 3.04. The topological polar surface area (TPSA) is 220 Å². The van der Waals surface area contributed by atoms with Gasteiger partial charge in [-0.1, -0.05) is 12.1 Å². The van der Waals surface area contributed by atoms with Gasteiger partial charge in [-0.3, -0.25) is 12.7 Å². The van der Waals surface area contributed by atoms with E-state index in [4.69, 9.17) is 13.7 Å². The van der Waals surface area contributed by atoms with Gasteiger partial charge < -0.3 is 23.6 Å². The number of hydroxylamine groups is 2. The van der Waals surface area contributed by atoms with Crippen molar-refractivity contribution < 1.29 is 55.0 Å². The van der Waals surface area contributed by atoms with E-state index in [2.05, 4.69) is 22.7 Å². The van der Waals surface area contributed by atoms with E-state index in [1.807, 2.05) is 0 Å². The van der Waals surface area contributed by atoms with Gasteiger partial charge in [-0.25, -0.2) is 13.2 Å². The number of anilines is 1.